The molecule has 0 aliphatic heterocycles. The molecule has 1 N–H and O–H groups in total. The zero-order chi connectivity index (χ0) is 16.9. The Labute approximate surface area is 133 Å². The molecular formula is C14H21N3O4S. The van der Waals surface area contributed by atoms with Gasteiger partial charge in [-0.1, -0.05) is 0 Å². The SMILES string of the molecule is CC(=O)Nc1nc(C(=O)OCC(=O)N(C(C)C)C(C)C)cs1. The van der Waals surface area contributed by atoms with Crippen LogP contribution in [0.5, 0.6) is 0 Å². The van der Waals surface area contributed by atoms with Crippen LogP contribution in [0, 0.1) is 0 Å². The Morgan fingerprint density at radius 1 is 1.27 bits per heavy atom. The summed E-state index contributed by atoms with van der Waals surface area (Å²) >= 11 is 1.12. The molecule has 0 radical (unpaired) electrons. The topological polar surface area (TPSA) is 88.6 Å². The summed E-state index contributed by atoms with van der Waals surface area (Å²) in [6.45, 7) is 8.63. The third kappa shape index (κ3) is 5.10. The molecule has 1 rings (SSSR count). The van der Waals surface area contributed by atoms with E-state index in [1.807, 2.05) is 27.7 Å². The van der Waals surface area contributed by atoms with Gasteiger partial charge in [0.25, 0.3) is 5.91 Å². The first kappa shape index (κ1) is 18.1. The van der Waals surface area contributed by atoms with Crippen molar-refractivity contribution in [3.8, 4) is 0 Å². The Kier molecular flexibility index (Phi) is 6.48. The molecule has 0 saturated carbocycles. The van der Waals surface area contributed by atoms with Gasteiger partial charge in [0.2, 0.25) is 5.91 Å². The second-order valence-corrected chi connectivity index (χ2v) is 6.14. The number of ether oxygens (including phenoxy) is 1. The van der Waals surface area contributed by atoms with Gasteiger partial charge in [0.05, 0.1) is 0 Å². The zero-order valence-electron chi connectivity index (χ0n) is 13.4. The van der Waals surface area contributed by atoms with Crippen LogP contribution < -0.4 is 5.32 Å². The van der Waals surface area contributed by atoms with Gasteiger partial charge in [0, 0.05) is 24.4 Å². The van der Waals surface area contributed by atoms with Crippen molar-refractivity contribution in [2.24, 2.45) is 0 Å². The Morgan fingerprint density at radius 2 is 1.86 bits per heavy atom. The maximum absolute atomic E-state index is 12.1. The van der Waals surface area contributed by atoms with Crippen LogP contribution in [0.25, 0.3) is 0 Å². The number of carbonyl (C=O) groups excluding carboxylic acids is 3. The highest BCUT2D eigenvalue weighted by Gasteiger charge is 2.22. The summed E-state index contributed by atoms with van der Waals surface area (Å²) in [5.74, 6) is -1.21. The van der Waals surface area contributed by atoms with Crippen LogP contribution >= 0.6 is 11.3 Å². The largest absolute Gasteiger partial charge is 0.451 e. The normalized spacial score (nSPS) is 10.7. The van der Waals surface area contributed by atoms with E-state index in [1.165, 1.54) is 12.3 Å². The molecule has 0 saturated heterocycles. The van der Waals surface area contributed by atoms with Crippen LogP contribution in [0.2, 0.25) is 0 Å². The van der Waals surface area contributed by atoms with Gasteiger partial charge in [0.15, 0.2) is 17.4 Å². The first-order valence-electron chi connectivity index (χ1n) is 6.93. The monoisotopic (exact) mass is 327 g/mol. The lowest BCUT2D eigenvalue weighted by atomic mass is 10.2. The molecule has 1 heterocycles. The second-order valence-electron chi connectivity index (χ2n) is 5.28. The van der Waals surface area contributed by atoms with Crippen molar-refractivity contribution in [2.75, 3.05) is 11.9 Å². The van der Waals surface area contributed by atoms with E-state index in [-0.39, 0.29) is 36.2 Å². The highest BCUT2D eigenvalue weighted by atomic mass is 32.1. The van der Waals surface area contributed by atoms with Gasteiger partial charge < -0.3 is 15.0 Å². The zero-order valence-corrected chi connectivity index (χ0v) is 14.2. The molecule has 22 heavy (non-hydrogen) atoms. The van der Waals surface area contributed by atoms with E-state index in [9.17, 15) is 14.4 Å². The third-order valence-electron chi connectivity index (χ3n) is 2.72. The molecule has 8 heteroatoms. The Bertz CT molecular complexity index is 546. The number of aromatic nitrogens is 1. The first-order chi connectivity index (χ1) is 10.2. The lowest BCUT2D eigenvalue weighted by Crippen LogP contribution is -2.44. The summed E-state index contributed by atoms with van der Waals surface area (Å²) in [4.78, 5) is 40.4. The number of carbonyl (C=O) groups is 3. The maximum Gasteiger partial charge on any atom is 0.358 e. The molecule has 2 amide bonds. The van der Waals surface area contributed by atoms with Crippen LogP contribution in [0.1, 0.15) is 45.1 Å². The number of nitrogens with zero attached hydrogens (tertiary/aromatic N) is 2. The molecular weight excluding hydrogens is 306 g/mol. The van der Waals surface area contributed by atoms with Gasteiger partial charge in [0.1, 0.15) is 0 Å². The van der Waals surface area contributed by atoms with E-state index < -0.39 is 5.97 Å². The van der Waals surface area contributed by atoms with Gasteiger partial charge >= 0.3 is 5.97 Å². The van der Waals surface area contributed by atoms with Crippen molar-refractivity contribution in [3.63, 3.8) is 0 Å². The number of rotatable bonds is 6. The number of nitrogens with one attached hydrogen (secondary N) is 1. The molecule has 0 atom stereocenters. The van der Waals surface area contributed by atoms with Crippen molar-refractivity contribution < 1.29 is 19.1 Å². The van der Waals surface area contributed by atoms with Crippen molar-refractivity contribution >= 4 is 34.3 Å². The number of amides is 2. The molecule has 0 aromatic carbocycles. The van der Waals surface area contributed by atoms with Gasteiger partial charge in [-0.05, 0) is 27.7 Å². The molecule has 0 unspecified atom stereocenters. The summed E-state index contributed by atoms with van der Waals surface area (Å²) < 4.78 is 4.99. The Hall–Kier alpha value is -1.96. The van der Waals surface area contributed by atoms with Gasteiger partial charge in [-0.2, -0.15) is 0 Å². The average molecular weight is 327 g/mol. The number of anilines is 1. The van der Waals surface area contributed by atoms with Crippen LogP contribution in [-0.2, 0) is 14.3 Å². The number of hydrogen-bond donors (Lipinski definition) is 1. The molecule has 0 aliphatic carbocycles. The van der Waals surface area contributed by atoms with Crippen LogP contribution in [-0.4, -0.2) is 46.4 Å². The quantitative estimate of drug-likeness (QED) is 0.806. The lowest BCUT2D eigenvalue weighted by molar-refractivity contribution is -0.138. The predicted octanol–water partition coefficient (Wildman–Crippen LogP) is 1.90. The minimum absolute atomic E-state index is 0.0249. The number of hydrogen-bond acceptors (Lipinski definition) is 6. The number of thiazole rings is 1. The highest BCUT2D eigenvalue weighted by Crippen LogP contribution is 2.16. The summed E-state index contributed by atoms with van der Waals surface area (Å²) in [5, 5.41) is 4.27. The van der Waals surface area contributed by atoms with E-state index in [4.69, 9.17) is 4.74 Å². The molecule has 0 spiro atoms. The summed E-state index contributed by atoms with van der Waals surface area (Å²) in [6.07, 6.45) is 0. The van der Waals surface area contributed by atoms with Crippen molar-refractivity contribution in [2.45, 2.75) is 46.7 Å². The van der Waals surface area contributed by atoms with E-state index >= 15 is 0 Å². The average Bonchev–Trinajstić information content (AvgIpc) is 2.82. The molecule has 7 nitrogen and oxygen atoms in total. The fourth-order valence-electron chi connectivity index (χ4n) is 2.02. The minimum Gasteiger partial charge on any atom is -0.451 e. The smallest absolute Gasteiger partial charge is 0.358 e. The third-order valence-corrected chi connectivity index (χ3v) is 3.48. The number of esters is 1. The first-order valence-corrected chi connectivity index (χ1v) is 7.81. The summed E-state index contributed by atoms with van der Waals surface area (Å²) in [7, 11) is 0. The van der Waals surface area contributed by atoms with Crippen LogP contribution in [0.3, 0.4) is 0 Å². The van der Waals surface area contributed by atoms with E-state index in [1.54, 1.807) is 4.90 Å². The maximum atomic E-state index is 12.1. The second kappa shape index (κ2) is 7.88. The molecule has 1 aromatic heterocycles. The van der Waals surface area contributed by atoms with Crippen LogP contribution in [0.15, 0.2) is 5.38 Å². The fourth-order valence-corrected chi connectivity index (χ4v) is 2.75. The molecule has 0 fully saturated rings. The van der Waals surface area contributed by atoms with Crippen LogP contribution in [0.4, 0.5) is 5.13 Å². The summed E-state index contributed by atoms with van der Waals surface area (Å²) in [6, 6.07) is 0.0497. The molecule has 0 bridgehead atoms. The Morgan fingerprint density at radius 3 is 2.36 bits per heavy atom. The molecule has 0 aliphatic rings. The van der Waals surface area contributed by atoms with Crippen molar-refractivity contribution in [1.82, 2.24) is 9.88 Å². The molecule has 1 aromatic rings. The fraction of sp³-hybridized carbons (Fsp3) is 0.571. The molecule has 122 valence electrons. The Balaban J connectivity index is 2.60. The van der Waals surface area contributed by atoms with Gasteiger partial charge in [-0.25, -0.2) is 9.78 Å². The van der Waals surface area contributed by atoms with Gasteiger partial charge in [-0.3, -0.25) is 9.59 Å². The van der Waals surface area contributed by atoms with Crippen molar-refractivity contribution in [3.05, 3.63) is 11.1 Å². The summed E-state index contributed by atoms with van der Waals surface area (Å²) in [5.41, 5.74) is 0.0715. The minimum atomic E-state index is -0.686. The van der Waals surface area contributed by atoms with Crippen molar-refractivity contribution in [1.29, 1.82) is 0 Å². The lowest BCUT2D eigenvalue weighted by Gasteiger charge is -2.30. The predicted molar refractivity (Wildman–Crippen MR) is 83.8 cm³/mol. The van der Waals surface area contributed by atoms with E-state index in [0.717, 1.165) is 11.3 Å². The van der Waals surface area contributed by atoms with E-state index in [0.29, 0.717) is 5.13 Å². The van der Waals surface area contributed by atoms with Gasteiger partial charge in [-0.15, -0.1) is 11.3 Å². The standard InChI is InChI=1S/C14H21N3O4S/c1-8(2)17(9(3)4)12(19)6-21-13(20)11-7-22-14(16-11)15-10(5)18/h7-9H,6H2,1-5H3,(H,15,16,18). The highest BCUT2D eigenvalue weighted by molar-refractivity contribution is 7.14. The van der Waals surface area contributed by atoms with E-state index in [2.05, 4.69) is 10.3 Å².